The molecular formula is C14H21NO2. The van der Waals surface area contributed by atoms with Crippen molar-refractivity contribution in [3.8, 4) is 5.75 Å². The van der Waals surface area contributed by atoms with Crippen molar-refractivity contribution >= 4 is 0 Å². The van der Waals surface area contributed by atoms with Crippen molar-refractivity contribution in [2.45, 2.75) is 38.8 Å². The van der Waals surface area contributed by atoms with Crippen molar-refractivity contribution in [2.75, 3.05) is 13.2 Å². The molecule has 1 aliphatic rings. The van der Waals surface area contributed by atoms with Crippen molar-refractivity contribution in [3.05, 3.63) is 29.3 Å². The maximum atomic E-state index is 9.87. The second kappa shape index (κ2) is 5.07. The van der Waals surface area contributed by atoms with Gasteiger partial charge >= 0.3 is 0 Å². The Balaban J connectivity index is 1.88. The van der Waals surface area contributed by atoms with E-state index >= 15 is 0 Å². The number of nitrogens with one attached hydrogen (secondary N) is 1. The van der Waals surface area contributed by atoms with Gasteiger partial charge in [0.15, 0.2) is 0 Å². The lowest BCUT2D eigenvalue weighted by Crippen LogP contribution is -2.36. The summed E-state index contributed by atoms with van der Waals surface area (Å²) in [6.07, 6.45) is 1.77. The van der Waals surface area contributed by atoms with Crippen molar-refractivity contribution < 1.29 is 9.84 Å². The minimum Gasteiger partial charge on any atom is -0.493 e. The zero-order chi connectivity index (χ0) is 12.3. The zero-order valence-electron chi connectivity index (χ0n) is 10.6. The van der Waals surface area contributed by atoms with Crippen LogP contribution in [0.2, 0.25) is 0 Å². The molecule has 17 heavy (non-hydrogen) atoms. The van der Waals surface area contributed by atoms with Gasteiger partial charge in [0.2, 0.25) is 0 Å². The Labute approximate surface area is 103 Å². The molecule has 3 nitrogen and oxygen atoms in total. The third-order valence-corrected chi connectivity index (χ3v) is 3.35. The van der Waals surface area contributed by atoms with Gasteiger partial charge in [-0.05, 0) is 30.5 Å². The summed E-state index contributed by atoms with van der Waals surface area (Å²) in [5.74, 6) is 1.02. The highest BCUT2D eigenvalue weighted by Gasteiger charge is 2.16. The van der Waals surface area contributed by atoms with E-state index in [1.807, 2.05) is 19.9 Å². The molecule has 0 bridgehead atoms. The summed E-state index contributed by atoms with van der Waals surface area (Å²) in [7, 11) is 0. The van der Waals surface area contributed by atoms with E-state index in [0.29, 0.717) is 6.54 Å². The van der Waals surface area contributed by atoms with E-state index in [0.717, 1.165) is 31.7 Å². The Morgan fingerprint density at radius 1 is 1.47 bits per heavy atom. The molecule has 0 amide bonds. The lowest BCUT2D eigenvalue weighted by Gasteiger charge is -2.21. The summed E-state index contributed by atoms with van der Waals surface area (Å²) in [6.45, 7) is 6.07. The summed E-state index contributed by atoms with van der Waals surface area (Å²) in [4.78, 5) is 0. The maximum Gasteiger partial charge on any atom is 0.122 e. The third kappa shape index (κ3) is 3.20. The molecule has 1 heterocycles. The highest BCUT2D eigenvalue weighted by Crippen LogP contribution is 2.25. The number of aliphatic hydroxyl groups is 1. The van der Waals surface area contributed by atoms with Crippen LogP contribution >= 0.6 is 0 Å². The number of ether oxygens (including phenoxy) is 1. The molecule has 0 saturated carbocycles. The summed E-state index contributed by atoms with van der Waals surface area (Å²) in [5.41, 5.74) is 1.94. The van der Waals surface area contributed by atoms with Crippen LogP contribution < -0.4 is 10.1 Å². The number of benzene rings is 1. The van der Waals surface area contributed by atoms with Gasteiger partial charge in [-0.25, -0.2) is 0 Å². The first-order valence-electron chi connectivity index (χ1n) is 6.28. The van der Waals surface area contributed by atoms with Gasteiger partial charge in [0.1, 0.15) is 5.75 Å². The number of rotatable bonds is 5. The Morgan fingerprint density at radius 2 is 2.29 bits per heavy atom. The first-order valence-corrected chi connectivity index (χ1v) is 6.28. The Hall–Kier alpha value is -1.06. The van der Waals surface area contributed by atoms with Crippen LogP contribution in [0.3, 0.4) is 0 Å². The van der Waals surface area contributed by atoms with E-state index in [2.05, 4.69) is 17.4 Å². The Kier molecular flexibility index (Phi) is 3.69. The predicted octanol–water partition coefficient (Wildman–Crippen LogP) is 1.87. The van der Waals surface area contributed by atoms with E-state index in [9.17, 15) is 5.11 Å². The van der Waals surface area contributed by atoms with Gasteiger partial charge in [0, 0.05) is 19.5 Å². The van der Waals surface area contributed by atoms with Crippen LogP contribution in [0.4, 0.5) is 0 Å². The molecule has 1 atom stereocenters. The van der Waals surface area contributed by atoms with Crippen LogP contribution in [-0.4, -0.2) is 23.9 Å². The van der Waals surface area contributed by atoms with Crippen molar-refractivity contribution in [1.29, 1.82) is 0 Å². The van der Waals surface area contributed by atoms with Gasteiger partial charge < -0.3 is 15.2 Å². The minimum atomic E-state index is -0.611. The topological polar surface area (TPSA) is 41.5 Å². The fourth-order valence-corrected chi connectivity index (χ4v) is 1.95. The van der Waals surface area contributed by atoms with Crippen LogP contribution in [0.15, 0.2) is 18.2 Å². The maximum absolute atomic E-state index is 9.87. The van der Waals surface area contributed by atoms with Gasteiger partial charge in [0.25, 0.3) is 0 Å². The van der Waals surface area contributed by atoms with Gasteiger partial charge in [-0.15, -0.1) is 0 Å². The second-order valence-corrected chi connectivity index (χ2v) is 4.99. The van der Waals surface area contributed by atoms with Crippen molar-refractivity contribution in [2.24, 2.45) is 0 Å². The van der Waals surface area contributed by atoms with Crippen LogP contribution in [0.1, 0.15) is 31.4 Å². The molecule has 0 aliphatic carbocycles. The zero-order valence-corrected chi connectivity index (χ0v) is 10.6. The van der Waals surface area contributed by atoms with Crippen molar-refractivity contribution in [3.63, 3.8) is 0 Å². The molecule has 2 rings (SSSR count). The molecule has 1 unspecified atom stereocenters. The quantitative estimate of drug-likeness (QED) is 0.818. The fraction of sp³-hybridized carbons (Fsp3) is 0.571. The van der Waals surface area contributed by atoms with E-state index in [1.165, 1.54) is 11.1 Å². The molecule has 1 aromatic carbocycles. The summed E-state index contributed by atoms with van der Waals surface area (Å²) >= 11 is 0. The monoisotopic (exact) mass is 235 g/mol. The van der Waals surface area contributed by atoms with Gasteiger partial charge in [0.05, 0.1) is 12.2 Å². The number of fused-ring (bicyclic) bond motifs is 1. The number of hydrogen-bond donors (Lipinski definition) is 2. The SMILES string of the molecule is CCC(C)(O)CNCc1ccc2c(c1)CCO2. The highest BCUT2D eigenvalue weighted by molar-refractivity contribution is 5.39. The van der Waals surface area contributed by atoms with E-state index in [4.69, 9.17) is 4.74 Å². The molecule has 1 aliphatic heterocycles. The van der Waals surface area contributed by atoms with Crippen LogP contribution in [0, 0.1) is 0 Å². The Bertz CT molecular complexity index is 388. The molecule has 1 aromatic rings. The molecular weight excluding hydrogens is 214 g/mol. The normalized spacial score (nSPS) is 17.4. The lowest BCUT2D eigenvalue weighted by molar-refractivity contribution is 0.0555. The van der Waals surface area contributed by atoms with Crippen LogP contribution in [-0.2, 0) is 13.0 Å². The second-order valence-electron chi connectivity index (χ2n) is 4.99. The van der Waals surface area contributed by atoms with Crippen molar-refractivity contribution in [1.82, 2.24) is 5.32 Å². The van der Waals surface area contributed by atoms with Gasteiger partial charge in [-0.3, -0.25) is 0 Å². The molecule has 0 radical (unpaired) electrons. The van der Waals surface area contributed by atoms with Gasteiger partial charge in [-0.1, -0.05) is 19.1 Å². The summed E-state index contributed by atoms with van der Waals surface area (Å²) in [6, 6.07) is 6.31. The summed E-state index contributed by atoms with van der Waals surface area (Å²) in [5, 5.41) is 13.2. The first-order chi connectivity index (χ1) is 8.11. The lowest BCUT2D eigenvalue weighted by atomic mass is 10.0. The van der Waals surface area contributed by atoms with Crippen LogP contribution in [0.5, 0.6) is 5.75 Å². The molecule has 94 valence electrons. The minimum absolute atomic E-state index is 0.611. The molecule has 0 fully saturated rings. The Morgan fingerprint density at radius 3 is 3.06 bits per heavy atom. The van der Waals surface area contributed by atoms with E-state index in [-0.39, 0.29) is 0 Å². The average molecular weight is 235 g/mol. The molecule has 0 spiro atoms. The standard InChI is InChI=1S/C14H21NO2/c1-3-14(2,16)10-15-9-11-4-5-13-12(8-11)6-7-17-13/h4-5,8,15-16H,3,6-7,9-10H2,1-2H3. The third-order valence-electron chi connectivity index (χ3n) is 3.35. The fourth-order valence-electron chi connectivity index (χ4n) is 1.95. The highest BCUT2D eigenvalue weighted by atomic mass is 16.5. The summed E-state index contributed by atoms with van der Waals surface area (Å²) < 4.78 is 5.47. The van der Waals surface area contributed by atoms with E-state index < -0.39 is 5.60 Å². The van der Waals surface area contributed by atoms with Crippen LogP contribution in [0.25, 0.3) is 0 Å². The predicted molar refractivity (Wildman–Crippen MR) is 68.3 cm³/mol. The molecule has 3 heteroatoms. The molecule has 0 saturated heterocycles. The largest absolute Gasteiger partial charge is 0.493 e. The average Bonchev–Trinajstić information content (AvgIpc) is 2.76. The first kappa shape index (κ1) is 12.4. The number of hydrogen-bond acceptors (Lipinski definition) is 3. The molecule has 0 aromatic heterocycles. The molecule has 2 N–H and O–H groups in total. The van der Waals surface area contributed by atoms with E-state index in [1.54, 1.807) is 0 Å². The van der Waals surface area contributed by atoms with Gasteiger partial charge in [-0.2, -0.15) is 0 Å². The smallest absolute Gasteiger partial charge is 0.122 e.